The largest absolute Gasteiger partial charge is 0.382 e. The lowest BCUT2D eigenvalue weighted by Gasteiger charge is -2.16. The van der Waals surface area contributed by atoms with E-state index in [1.807, 2.05) is 33.2 Å². The van der Waals surface area contributed by atoms with E-state index >= 15 is 0 Å². The summed E-state index contributed by atoms with van der Waals surface area (Å²) < 4.78 is 1.74. The molecular weight excluding hydrogens is 276 g/mol. The van der Waals surface area contributed by atoms with Gasteiger partial charge < -0.3 is 10.0 Å². The molecule has 2 aromatic heterocycles. The van der Waals surface area contributed by atoms with Crippen LogP contribution >= 0.6 is 11.6 Å². The highest BCUT2D eigenvalue weighted by Crippen LogP contribution is 2.27. The second-order valence-corrected chi connectivity index (χ2v) is 5.45. The summed E-state index contributed by atoms with van der Waals surface area (Å²) >= 11 is 6.16. The number of pyridine rings is 1. The van der Waals surface area contributed by atoms with Crippen molar-refractivity contribution in [1.82, 2.24) is 19.7 Å². The quantitative estimate of drug-likeness (QED) is 0.915. The molecule has 0 fully saturated rings. The summed E-state index contributed by atoms with van der Waals surface area (Å²) in [5, 5.41) is 15.2. The van der Waals surface area contributed by atoms with E-state index in [2.05, 4.69) is 15.0 Å². The Balaban J connectivity index is 2.26. The van der Waals surface area contributed by atoms with Gasteiger partial charge in [-0.1, -0.05) is 17.7 Å². The van der Waals surface area contributed by atoms with Crippen molar-refractivity contribution in [2.24, 2.45) is 0 Å². The highest BCUT2D eigenvalue weighted by atomic mass is 35.5. The molecule has 6 heteroatoms. The van der Waals surface area contributed by atoms with Gasteiger partial charge in [0.1, 0.15) is 6.10 Å². The van der Waals surface area contributed by atoms with Crippen molar-refractivity contribution in [3.05, 3.63) is 46.5 Å². The van der Waals surface area contributed by atoms with Gasteiger partial charge in [-0.05, 0) is 27.1 Å². The summed E-state index contributed by atoms with van der Waals surface area (Å²) in [6, 6.07) is 3.72. The maximum Gasteiger partial charge on any atom is 0.124 e. The maximum atomic E-state index is 10.5. The number of likely N-dealkylation sites (N-methyl/N-ethyl adjacent to an activating group) is 1. The van der Waals surface area contributed by atoms with E-state index < -0.39 is 6.10 Å². The highest BCUT2D eigenvalue weighted by molar-refractivity contribution is 6.31. The predicted octanol–water partition coefficient (Wildman–Crippen LogP) is 1.88. The lowest BCUT2D eigenvalue weighted by Crippen LogP contribution is -2.21. The fourth-order valence-electron chi connectivity index (χ4n) is 1.92. The van der Waals surface area contributed by atoms with Crippen molar-refractivity contribution < 1.29 is 5.11 Å². The van der Waals surface area contributed by atoms with Crippen LogP contribution in [0.2, 0.25) is 5.02 Å². The van der Waals surface area contributed by atoms with E-state index in [0.29, 0.717) is 22.8 Å². The molecule has 0 radical (unpaired) electrons. The van der Waals surface area contributed by atoms with Crippen LogP contribution in [0.5, 0.6) is 0 Å². The first-order valence-electron chi connectivity index (χ1n) is 6.45. The molecule has 0 aliphatic carbocycles. The zero-order valence-electron chi connectivity index (χ0n) is 11.9. The Morgan fingerprint density at radius 2 is 2.10 bits per heavy atom. The molecular formula is C14H19ClN4O. The van der Waals surface area contributed by atoms with E-state index in [9.17, 15) is 5.11 Å². The van der Waals surface area contributed by atoms with Gasteiger partial charge in [-0.15, -0.1) is 0 Å². The Hall–Kier alpha value is -1.43. The average Bonchev–Trinajstić information content (AvgIpc) is 2.77. The Bertz CT molecular complexity index is 565. The molecule has 0 amide bonds. The minimum atomic E-state index is -0.819. The number of hydrogen-bond donors (Lipinski definition) is 1. The molecule has 0 spiro atoms. The highest BCUT2D eigenvalue weighted by Gasteiger charge is 2.20. The van der Waals surface area contributed by atoms with Crippen LogP contribution in [0, 0.1) is 6.92 Å². The molecule has 2 rings (SSSR count). The second-order valence-electron chi connectivity index (χ2n) is 5.04. The van der Waals surface area contributed by atoms with Crippen molar-refractivity contribution in [2.75, 3.05) is 20.6 Å². The molecule has 2 heterocycles. The summed E-state index contributed by atoms with van der Waals surface area (Å²) in [6.45, 7) is 3.40. The van der Waals surface area contributed by atoms with Crippen LogP contribution in [0.25, 0.3) is 0 Å². The number of aryl methyl sites for hydroxylation is 1. The fourth-order valence-corrected chi connectivity index (χ4v) is 2.16. The molecule has 0 bridgehead atoms. The van der Waals surface area contributed by atoms with Crippen LogP contribution in [-0.4, -0.2) is 45.4 Å². The lowest BCUT2D eigenvalue weighted by atomic mass is 10.1. The van der Waals surface area contributed by atoms with Gasteiger partial charge in [-0.25, -0.2) is 0 Å². The number of halogens is 1. The second kappa shape index (κ2) is 6.35. The van der Waals surface area contributed by atoms with E-state index in [1.54, 1.807) is 17.1 Å². The summed E-state index contributed by atoms with van der Waals surface area (Å²) in [4.78, 5) is 6.26. The van der Waals surface area contributed by atoms with Gasteiger partial charge in [-0.2, -0.15) is 5.10 Å². The first kappa shape index (κ1) is 15.0. The molecule has 0 saturated carbocycles. The average molecular weight is 295 g/mol. The van der Waals surface area contributed by atoms with E-state index in [-0.39, 0.29) is 0 Å². The van der Waals surface area contributed by atoms with E-state index in [1.165, 1.54) is 0 Å². The first-order valence-corrected chi connectivity index (χ1v) is 6.83. The lowest BCUT2D eigenvalue weighted by molar-refractivity contribution is 0.205. The summed E-state index contributed by atoms with van der Waals surface area (Å²) in [7, 11) is 3.98. The molecule has 1 atom stereocenters. The Morgan fingerprint density at radius 3 is 2.70 bits per heavy atom. The maximum absolute atomic E-state index is 10.5. The fraction of sp³-hybridized carbons (Fsp3) is 0.429. The zero-order valence-corrected chi connectivity index (χ0v) is 12.7. The first-order chi connectivity index (χ1) is 9.49. The van der Waals surface area contributed by atoms with E-state index in [0.717, 1.165) is 12.2 Å². The van der Waals surface area contributed by atoms with Gasteiger partial charge in [0, 0.05) is 24.0 Å². The van der Waals surface area contributed by atoms with Crippen molar-refractivity contribution in [1.29, 1.82) is 0 Å². The molecule has 0 aliphatic heterocycles. The van der Waals surface area contributed by atoms with Crippen molar-refractivity contribution >= 4 is 11.6 Å². The third-order valence-corrected chi connectivity index (χ3v) is 3.39. The molecule has 0 aliphatic rings. The summed E-state index contributed by atoms with van der Waals surface area (Å²) in [6.07, 6.45) is 2.41. The SMILES string of the molecule is Cc1ccc(C(O)c2c(Cl)cnn2CCN(C)C)cn1. The van der Waals surface area contributed by atoms with Gasteiger partial charge in [0.05, 0.1) is 23.5 Å². The number of rotatable bonds is 5. The van der Waals surface area contributed by atoms with Crippen molar-refractivity contribution in [3.63, 3.8) is 0 Å². The zero-order chi connectivity index (χ0) is 14.7. The van der Waals surface area contributed by atoms with Gasteiger partial charge in [0.15, 0.2) is 0 Å². The molecule has 0 aromatic carbocycles. The van der Waals surface area contributed by atoms with Crippen LogP contribution in [0.15, 0.2) is 24.5 Å². The topological polar surface area (TPSA) is 54.2 Å². The minimum Gasteiger partial charge on any atom is -0.382 e. The van der Waals surface area contributed by atoms with Gasteiger partial charge in [0.25, 0.3) is 0 Å². The molecule has 1 unspecified atom stereocenters. The Kier molecular flexibility index (Phi) is 4.75. The molecule has 5 nitrogen and oxygen atoms in total. The van der Waals surface area contributed by atoms with Gasteiger partial charge in [0.2, 0.25) is 0 Å². The van der Waals surface area contributed by atoms with Crippen molar-refractivity contribution in [3.8, 4) is 0 Å². The van der Waals surface area contributed by atoms with Crippen LogP contribution in [-0.2, 0) is 6.54 Å². The van der Waals surface area contributed by atoms with Crippen LogP contribution < -0.4 is 0 Å². The van der Waals surface area contributed by atoms with Crippen LogP contribution in [0.1, 0.15) is 23.1 Å². The standard InChI is InChI=1S/C14H19ClN4O/c1-10-4-5-11(8-16-10)14(20)13-12(15)9-17-19(13)7-6-18(2)3/h4-5,8-9,14,20H,6-7H2,1-3H3. The molecule has 20 heavy (non-hydrogen) atoms. The molecule has 0 saturated heterocycles. The molecule has 1 N–H and O–H groups in total. The normalized spacial score (nSPS) is 12.9. The monoisotopic (exact) mass is 294 g/mol. The van der Waals surface area contributed by atoms with Gasteiger partial charge >= 0.3 is 0 Å². The smallest absolute Gasteiger partial charge is 0.124 e. The molecule has 2 aromatic rings. The number of aliphatic hydroxyl groups excluding tert-OH is 1. The number of aliphatic hydroxyl groups is 1. The minimum absolute atomic E-state index is 0.469. The van der Waals surface area contributed by atoms with Crippen molar-refractivity contribution in [2.45, 2.75) is 19.6 Å². The van der Waals surface area contributed by atoms with Gasteiger partial charge in [-0.3, -0.25) is 9.67 Å². The number of hydrogen-bond acceptors (Lipinski definition) is 4. The Labute approximate surface area is 123 Å². The van der Waals surface area contributed by atoms with Crippen LogP contribution in [0.4, 0.5) is 0 Å². The molecule has 108 valence electrons. The summed E-state index contributed by atoms with van der Waals surface area (Å²) in [5.41, 5.74) is 2.23. The predicted molar refractivity (Wildman–Crippen MR) is 78.8 cm³/mol. The third kappa shape index (κ3) is 3.36. The number of nitrogens with zero attached hydrogens (tertiary/aromatic N) is 4. The van der Waals surface area contributed by atoms with E-state index in [4.69, 9.17) is 11.6 Å². The third-order valence-electron chi connectivity index (χ3n) is 3.10. The Morgan fingerprint density at radius 1 is 1.35 bits per heavy atom. The summed E-state index contributed by atoms with van der Waals surface area (Å²) in [5.74, 6) is 0. The van der Waals surface area contributed by atoms with Crippen LogP contribution in [0.3, 0.4) is 0 Å². The number of aromatic nitrogens is 3.